The lowest BCUT2D eigenvalue weighted by Crippen LogP contribution is -1.93. The van der Waals surface area contributed by atoms with Gasteiger partial charge in [0.2, 0.25) is 5.82 Å². The molecule has 90 valence electrons. The molecule has 0 fully saturated rings. The van der Waals surface area contributed by atoms with E-state index in [-0.39, 0.29) is 5.82 Å². The fourth-order valence-corrected chi connectivity index (χ4v) is 2.06. The normalized spacial score (nSPS) is 10.3. The summed E-state index contributed by atoms with van der Waals surface area (Å²) in [5.41, 5.74) is 2.23. The van der Waals surface area contributed by atoms with Gasteiger partial charge in [0, 0.05) is 17.1 Å². The molecule has 0 aliphatic rings. The molecule has 0 spiro atoms. The first-order valence-corrected chi connectivity index (χ1v) is 5.94. The summed E-state index contributed by atoms with van der Waals surface area (Å²) in [6.07, 6.45) is 1.58. The van der Waals surface area contributed by atoms with Crippen molar-refractivity contribution in [2.75, 3.05) is 0 Å². The number of halogens is 1. The first-order valence-electron chi connectivity index (χ1n) is 5.57. The highest BCUT2D eigenvalue weighted by molar-refractivity contribution is 6.32. The zero-order valence-corrected chi connectivity index (χ0v) is 10.5. The van der Waals surface area contributed by atoms with Crippen molar-refractivity contribution in [2.45, 2.75) is 0 Å². The monoisotopic (exact) mass is 266 g/mol. The highest BCUT2D eigenvalue weighted by atomic mass is 35.5. The average Bonchev–Trinajstić information content (AvgIpc) is 2.47. The van der Waals surface area contributed by atoms with Gasteiger partial charge in [-0.25, -0.2) is 9.97 Å². The number of pyridine rings is 1. The molecule has 5 heteroatoms. The zero-order valence-electron chi connectivity index (χ0n) is 9.71. The van der Waals surface area contributed by atoms with Crippen LogP contribution in [-0.2, 0) is 0 Å². The van der Waals surface area contributed by atoms with E-state index < -0.39 is 0 Å². The fraction of sp³-hybridized carbons (Fsp3) is 0. The van der Waals surface area contributed by atoms with Gasteiger partial charge in [0.05, 0.1) is 0 Å². The topological polar surface area (TPSA) is 62.5 Å². The predicted molar refractivity (Wildman–Crippen MR) is 72.5 cm³/mol. The van der Waals surface area contributed by atoms with Crippen LogP contribution in [0, 0.1) is 11.3 Å². The third-order valence-electron chi connectivity index (χ3n) is 2.71. The van der Waals surface area contributed by atoms with Gasteiger partial charge in [0.15, 0.2) is 5.65 Å². The smallest absolute Gasteiger partial charge is 0.227 e. The third kappa shape index (κ3) is 2.12. The maximum absolute atomic E-state index is 8.76. The number of hydrogen-bond acceptors (Lipinski definition) is 4. The lowest BCUT2D eigenvalue weighted by Gasteiger charge is -2.05. The number of nitrogens with zero attached hydrogens (tertiary/aromatic N) is 4. The van der Waals surface area contributed by atoms with Gasteiger partial charge in [0.25, 0.3) is 0 Å². The molecule has 0 N–H and O–H groups in total. The quantitative estimate of drug-likeness (QED) is 0.635. The molecular weight excluding hydrogens is 260 g/mol. The number of aromatic nitrogens is 3. The lowest BCUT2D eigenvalue weighted by atomic mass is 10.1. The number of nitriles is 1. The van der Waals surface area contributed by atoms with Crippen molar-refractivity contribution < 1.29 is 0 Å². The molecule has 0 saturated carbocycles. The van der Waals surface area contributed by atoms with Crippen LogP contribution < -0.4 is 0 Å². The molecule has 0 aliphatic carbocycles. The van der Waals surface area contributed by atoms with Crippen molar-refractivity contribution in [3.8, 4) is 17.2 Å². The van der Waals surface area contributed by atoms with Crippen LogP contribution in [0.3, 0.4) is 0 Å². The van der Waals surface area contributed by atoms with E-state index >= 15 is 0 Å². The summed E-state index contributed by atoms with van der Waals surface area (Å²) in [6, 6.07) is 13.5. The van der Waals surface area contributed by atoms with E-state index in [9.17, 15) is 0 Å². The van der Waals surface area contributed by atoms with Crippen LogP contribution >= 0.6 is 11.6 Å². The van der Waals surface area contributed by atoms with Gasteiger partial charge in [-0.15, -0.1) is 0 Å². The van der Waals surface area contributed by atoms with Crippen molar-refractivity contribution >= 4 is 22.6 Å². The molecule has 1 aromatic carbocycles. The molecular formula is C14H7ClN4. The second-order valence-electron chi connectivity index (χ2n) is 3.91. The predicted octanol–water partition coefficient (Wildman–Crippen LogP) is 3.22. The van der Waals surface area contributed by atoms with Crippen LogP contribution in [0.25, 0.3) is 22.2 Å². The van der Waals surface area contributed by atoms with Gasteiger partial charge in [-0.2, -0.15) is 10.2 Å². The van der Waals surface area contributed by atoms with Crippen LogP contribution in [0.2, 0.25) is 5.15 Å². The van der Waals surface area contributed by atoms with E-state index in [1.807, 2.05) is 42.5 Å². The van der Waals surface area contributed by atoms with Crippen molar-refractivity contribution in [1.82, 2.24) is 15.0 Å². The molecule has 0 radical (unpaired) electrons. The summed E-state index contributed by atoms with van der Waals surface area (Å²) in [6.45, 7) is 0. The SMILES string of the molecule is N#Cc1ncc2cc(-c3ccccc3)c(Cl)nc2n1. The van der Waals surface area contributed by atoms with Crippen LogP contribution in [0.5, 0.6) is 0 Å². The molecule has 0 saturated heterocycles. The highest BCUT2D eigenvalue weighted by Crippen LogP contribution is 2.28. The molecule has 0 amide bonds. The van der Waals surface area contributed by atoms with Crippen molar-refractivity contribution in [1.29, 1.82) is 5.26 Å². The number of benzene rings is 1. The van der Waals surface area contributed by atoms with E-state index in [4.69, 9.17) is 16.9 Å². The van der Waals surface area contributed by atoms with Crippen LogP contribution in [0.4, 0.5) is 0 Å². The Morgan fingerprint density at radius 3 is 2.63 bits per heavy atom. The number of fused-ring (bicyclic) bond motifs is 1. The van der Waals surface area contributed by atoms with E-state index in [0.717, 1.165) is 16.5 Å². The summed E-state index contributed by atoms with van der Waals surface area (Å²) in [4.78, 5) is 12.2. The van der Waals surface area contributed by atoms with Crippen LogP contribution in [0.1, 0.15) is 5.82 Å². The summed E-state index contributed by atoms with van der Waals surface area (Å²) in [5.74, 6) is 0.0866. The molecule has 2 aromatic heterocycles. The van der Waals surface area contributed by atoms with Gasteiger partial charge in [-0.3, -0.25) is 0 Å². The Morgan fingerprint density at radius 1 is 1.11 bits per heavy atom. The first kappa shape index (κ1) is 11.6. The Balaban J connectivity index is 2.24. The van der Waals surface area contributed by atoms with Gasteiger partial charge in [0.1, 0.15) is 11.2 Å². The largest absolute Gasteiger partial charge is 0.234 e. The van der Waals surface area contributed by atoms with Crippen molar-refractivity contribution in [2.24, 2.45) is 0 Å². The molecule has 4 nitrogen and oxygen atoms in total. The summed E-state index contributed by atoms with van der Waals surface area (Å²) in [7, 11) is 0. The molecule has 2 heterocycles. The minimum atomic E-state index is 0.0866. The molecule has 3 aromatic rings. The maximum atomic E-state index is 8.76. The molecule has 0 unspecified atom stereocenters. The van der Waals surface area contributed by atoms with E-state index in [1.54, 1.807) is 6.20 Å². The first-order chi connectivity index (χ1) is 9.28. The molecule has 0 bridgehead atoms. The van der Waals surface area contributed by atoms with E-state index in [1.165, 1.54) is 0 Å². The summed E-state index contributed by atoms with van der Waals surface area (Å²) < 4.78 is 0. The Labute approximate surface area is 114 Å². The molecule has 0 atom stereocenters. The second kappa shape index (κ2) is 4.63. The fourth-order valence-electron chi connectivity index (χ4n) is 1.82. The van der Waals surface area contributed by atoms with Crippen molar-refractivity contribution in [3.05, 3.63) is 53.6 Å². The minimum absolute atomic E-state index is 0.0866. The molecule has 0 aliphatic heterocycles. The maximum Gasteiger partial charge on any atom is 0.234 e. The second-order valence-corrected chi connectivity index (χ2v) is 4.27. The summed E-state index contributed by atoms with van der Waals surface area (Å²) in [5, 5.41) is 9.88. The average molecular weight is 267 g/mol. The van der Waals surface area contributed by atoms with Gasteiger partial charge in [-0.1, -0.05) is 41.9 Å². The number of rotatable bonds is 1. The standard InChI is InChI=1S/C14H7ClN4/c15-13-11(9-4-2-1-3-5-9)6-10-8-17-12(7-16)18-14(10)19-13/h1-6,8H. The lowest BCUT2D eigenvalue weighted by molar-refractivity contribution is 1.13. The van der Waals surface area contributed by atoms with Gasteiger partial charge in [-0.05, 0) is 11.6 Å². The Morgan fingerprint density at radius 2 is 1.89 bits per heavy atom. The van der Waals surface area contributed by atoms with Crippen LogP contribution in [-0.4, -0.2) is 15.0 Å². The minimum Gasteiger partial charge on any atom is -0.227 e. The molecule has 19 heavy (non-hydrogen) atoms. The highest BCUT2D eigenvalue weighted by Gasteiger charge is 2.09. The molecule has 3 rings (SSSR count). The Hall–Kier alpha value is -2.51. The Kier molecular flexibility index (Phi) is 2.82. The Bertz CT molecular complexity index is 794. The van der Waals surface area contributed by atoms with Crippen molar-refractivity contribution in [3.63, 3.8) is 0 Å². The van der Waals surface area contributed by atoms with E-state index in [2.05, 4.69) is 15.0 Å². The van der Waals surface area contributed by atoms with Gasteiger partial charge >= 0.3 is 0 Å². The van der Waals surface area contributed by atoms with Crippen LogP contribution in [0.15, 0.2) is 42.6 Å². The zero-order chi connectivity index (χ0) is 13.2. The summed E-state index contributed by atoms with van der Waals surface area (Å²) >= 11 is 6.18. The third-order valence-corrected chi connectivity index (χ3v) is 2.99. The van der Waals surface area contributed by atoms with Gasteiger partial charge < -0.3 is 0 Å². The number of hydrogen-bond donors (Lipinski definition) is 0. The van der Waals surface area contributed by atoms with E-state index in [0.29, 0.717) is 10.8 Å².